The maximum atomic E-state index is 12.0. The molecule has 1 aliphatic heterocycles. The van der Waals surface area contributed by atoms with Crippen molar-refractivity contribution in [3.05, 3.63) is 28.1 Å². The Morgan fingerprint density at radius 3 is 3.24 bits per heavy atom. The summed E-state index contributed by atoms with van der Waals surface area (Å²) in [6, 6.07) is 6.23. The molecule has 2 aromatic rings. The van der Waals surface area contributed by atoms with Crippen molar-refractivity contribution in [3.63, 3.8) is 0 Å². The molecule has 5 nitrogen and oxygen atoms in total. The Bertz CT molecular complexity index is 685. The number of fused-ring (bicyclic) bond motifs is 1. The van der Waals surface area contributed by atoms with Gasteiger partial charge in [0, 0.05) is 23.6 Å². The number of aromatic nitrogens is 2. The number of imidazole rings is 1. The minimum atomic E-state index is -0.0789. The molecule has 0 fully saturated rings. The molecule has 1 amide bonds. The number of thioether (sulfide) groups is 1. The Morgan fingerprint density at radius 2 is 2.48 bits per heavy atom. The van der Waals surface area contributed by atoms with Gasteiger partial charge >= 0.3 is 0 Å². The van der Waals surface area contributed by atoms with E-state index in [0.29, 0.717) is 17.9 Å². The van der Waals surface area contributed by atoms with Gasteiger partial charge < -0.3 is 9.88 Å². The molecule has 0 saturated heterocycles. The summed E-state index contributed by atoms with van der Waals surface area (Å²) in [5.41, 5.74) is 0.460. The van der Waals surface area contributed by atoms with Crippen molar-refractivity contribution in [1.82, 2.24) is 9.55 Å². The van der Waals surface area contributed by atoms with Crippen LogP contribution in [0.4, 0.5) is 5.82 Å². The van der Waals surface area contributed by atoms with Crippen LogP contribution in [0.1, 0.15) is 23.4 Å². The first kappa shape index (κ1) is 14.2. The van der Waals surface area contributed by atoms with E-state index in [1.807, 2.05) is 16.0 Å². The van der Waals surface area contributed by atoms with Gasteiger partial charge in [-0.2, -0.15) is 5.26 Å². The van der Waals surface area contributed by atoms with Gasteiger partial charge in [-0.05, 0) is 24.3 Å². The molecular formula is C14H14N4OS2. The van der Waals surface area contributed by atoms with Crippen LogP contribution in [-0.2, 0) is 17.8 Å². The van der Waals surface area contributed by atoms with Crippen LogP contribution in [0.25, 0.3) is 0 Å². The van der Waals surface area contributed by atoms with Crippen LogP contribution in [0.3, 0.4) is 0 Å². The van der Waals surface area contributed by atoms with Crippen molar-refractivity contribution >= 4 is 34.8 Å². The van der Waals surface area contributed by atoms with Gasteiger partial charge in [0.2, 0.25) is 5.91 Å². The summed E-state index contributed by atoms with van der Waals surface area (Å²) in [4.78, 5) is 17.6. The number of nitriles is 1. The monoisotopic (exact) mass is 318 g/mol. The average Bonchev–Trinajstić information content (AvgIpc) is 3.15. The molecule has 21 heavy (non-hydrogen) atoms. The summed E-state index contributed by atoms with van der Waals surface area (Å²) in [5, 5.41) is 14.8. The van der Waals surface area contributed by atoms with E-state index < -0.39 is 0 Å². The number of aryl methyl sites for hydroxylation is 1. The van der Waals surface area contributed by atoms with Crippen LogP contribution in [0.15, 0.2) is 22.7 Å². The molecular weight excluding hydrogens is 304 g/mol. The number of rotatable bonds is 5. The lowest BCUT2D eigenvalue weighted by Gasteiger charge is -2.03. The second-order valence-electron chi connectivity index (χ2n) is 4.68. The Balaban J connectivity index is 1.57. The molecule has 0 unspecified atom stereocenters. The van der Waals surface area contributed by atoms with E-state index in [0.717, 1.165) is 30.3 Å². The number of anilines is 1. The van der Waals surface area contributed by atoms with Crippen molar-refractivity contribution < 1.29 is 4.79 Å². The van der Waals surface area contributed by atoms with Crippen LogP contribution >= 0.6 is 23.1 Å². The van der Waals surface area contributed by atoms with Crippen molar-refractivity contribution in [2.75, 3.05) is 11.1 Å². The summed E-state index contributed by atoms with van der Waals surface area (Å²) < 4.78 is 1.87. The molecule has 108 valence electrons. The largest absolute Gasteiger partial charge is 0.308 e. The molecule has 7 heteroatoms. The average molecular weight is 318 g/mol. The van der Waals surface area contributed by atoms with Crippen molar-refractivity contribution in [1.29, 1.82) is 5.26 Å². The van der Waals surface area contributed by atoms with Gasteiger partial charge in [-0.25, -0.2) is 4.98 Å². The third-order valence-electron chi connectivity index (χ3n) is 3.25. The fraction of sp³-hybridized carbons (Fsp3) is 0.357. The number of nitrogens with zero attached hydrogens (tertiary/aromatic N) is 3. The summed E-state index contributed by atoms with van der Waals surface area (Å²) in [6.45, 7) is 0.782. The topological polar surface area (TPSA) is 70.7 Å². The molecule has 2 aromatic heterocycles. The Morgan fingerprint density at radius 1 is 1.57 bits per heavy atom. The molecule has 0 radical (unpaired) electrons. The lowest BCUT2D eigenvalue weighted by Crippen LogP contribution is -2.13. The maximum absolute atomic E-state index is 12.0. The van der Waals surface area contributed by atoms with Gasteiger partial charge in [-0.15, -0.1) is 11.3 Å². The van der Waals surface area contributed by atoms with E-state index in [-0.39, 0.29) is 5.91 Å². The third-order valence-corrected chi connectivity index (χ3v) is 5.14. The fourth-order valence-electron chi connectivity index (χ4n) is 2.25. The SMILES string of the molecule is N#Cc1c(NC(=O)CCCc2cccs2)nc2n1CCS2. The molecule has 0 aromatic carbocycles. The summed E-state index contributed by atoms with van der Waals surface area (Å²) in [7, 11) is 0. The zero-order chi connectivity index (χ0) is 14.7. The minimum absolute atomic E-state index is 0.0789. The van der Waals surface area contributed by atoms with Gasteiger partial charge in [0.25, 0.3) is 0 Å². The van der Waals surface area contributed by atoms with E-state index in [9.17, 15) is 10.1 Å². The zero-order valence-corrected chi connectivity index (χ0v) is 13.0. The number of nitrogens with one attached hydrogen (secondary N) is 1. The number of hydrogen-bond donors (Lipinski definition) is 1. The van der Waals surface area contributed by atoms with Crippen LogP contribution in [0.5, 0.6) is 0 Å². The second-order valence-corrected chi connectivity index (χ2v) is 6.78. The Kier molecular flexibility index (Phi) is 4.27. The first-order chi connectivity index (χ1) is 10.3. The summed E-state index contributed by atoms with van der Waals surface area (Å²) in [6.07, 6.45) is 2.15. The lowest BCUT2D eigenvalue weighted by atomic mass is 10.2. The van der Waals surface area contributed by atoms with E-state index in [1.54, 1.807) is 23.1 Å². The number of hydrogen-bond acceptors (Lipinski definition) is 5. The number of carbonyl (C=O) groups excluding carboxylic acids is 1. The Hall–Kier alpha value is -1.78. The lowest BCUT2D eigenvalue weighted by molar-refractivity contribution is -0.116. The van der Waals surface area contributed by atoms with Crippen molar-refractivity contribution in [2.24, 2.45) is 0 Å². The number of carbonyl (C=O) groups is 1. The van der Waals surface area contributed by atoms with Gasteiger partial charge in [0.1, 0.15) is 6.07 Å². The summed E-state index contributed by atoms with van der Waals surface area (Å²) in [5.74, 6) is 1.26. The van der Waals surface area contributed by atoms with Crippen LogP contribution in [0, 0.1) is 11.3 Å². The second kappa shape index (κ2) is 6.33. The highest BCUT2D eigenvalue weighted by Crippen LogP contribution is 2.30. The Labute approximate surface area is 131 Å². The molecule has 0 saturated carbocycles. The molecule has 0 spiro atoms. The van der Waals surface area contributed by atoms with Crippen LogP contribution < -0.4 is 5.32 Å². The highest BCUT2D eigenvalue weighted by atomic mass is 32.2. The van der Waals surface area contributed by atoms with Crippen LogP contribution in [0.2, 0.25) is 0 Å². The molecule has 0 aliphatic carbocycles. The minimum Gasteiger partial charge on any atom is -0.308 e. The van der Waals surface area contributed by atoms with Gasteiger partial charge in [-0.3, -0.25) is 4.79 Å². The highest BCUT2D eigenvalue weighted by Gasteiger charge is 2.22. The van der Waals surface area contributed by atoms with Gasteiger partial charge in [0.05, 0.1) is 0 Å². The molecule has 0 atom stereocenters. The van der Waals surface area contributed by atoms with E-state index in [2.05, 4.69) is 22.4 Å². The molecule has 1 N–H and O–H groups in total. The van der Waals surface area contributed by atoms with Crippen molar-refractivity contribution in [2.45, 2.75) is 31.0 Å². The predicted molar refractivity (Wildman–Crippen MR) is 83.6 cm³/mol. The van der Waals surface area contributed by atoms with E-state index in [4.69, 9.17) is 0 Å². The van der Waals surface area contributed by atoms with E-state index >= 15 is 0 Å². The van der Waals surface area contributed by atoms with E-state index in [1.165, 1.54) is 4.88 Å². The molecule has 1 aliphatic rings. The summed E-state index contributed by atoms with van der Waals surface area (Å²) >= 11 is 3.32. The smallest absolute Gasteiger partial charge is 0.225 e. The normalized spacial score (nSPS) is 12.9. The van der Waals surface area contributed by atoms with Gasteiger partial charge in [0.15, 0.2) is 16.7 Å². The fourth-order valence-corrected chi connectivity index (χ4v) is 3.95. The first-order valence-electron chi connectivity index (χ1n) is 6.73. The van der Waals surface area contributed by atoms with Crippen LogP contribution in [-0.4, -0.2) is 21.2 Å². The molecule has 0 bridgehead atoms. The number of amides is 1. The molecule has 3 rings (SSSR count). The zero-order valence-electron chi connectivity index (χ0n) is 11.3. The highest BCUT2D eigenvalue weighted by molar-refractivity contribution is 7.99. The maximum Gasteiger partial charge on any atom is 0.225 e. The van der Waals surface area contributed by atoms with Gasteiger partial charge in [-0.1, -0.05) is 17.8 Å². The quantitative estimate of drug-likeness (QED) is 0.920. The standard InChI is InChI=1S/C14H14N4OS2/c15-9-11-13(17-14-18(11)6-8-21-14)16-12(19)5-1-3-10-4-2-7-20-10/h2,4,7H,1,3,5-6,8H2,(H,16,19). The number of thiophene rings is 1. The third kappa shape index (κ3) is 3.12. The molecule has 3 heterocycles. The van der Waals surface area contributed by atoms with Crippen molar-refractivity contribution in [3.8, 4) is 6.07 Å². The predicted octanol–water partition coefficient (Wildman–Crippen LogP) is 2.88. The first-order valence-corrected chi connectivity index (χ1v) is 8.60.